The van der Waals surface area contributed by atoms with Crippen molar-refractivity contribution in [2.45, 2.75) is 19.1 Å². The Morgan fingerprint density at radius 2 is 2.07 bits per heavy atom. The summed E-state index contributed by atoms with van der Waals surface area (Å²) in [5.74, 6) is 0.554. The number of hydrogen-bond acceptors (Lipinski definition) is 5. The monoisotopic (exact) mass is 435 g/mol. The van der Waals surface area contributed by atoms with Crippen molar-refractivity contribution in [3.8, 4) is 11.5 Å². The number of carbonyl (C=O) groups is 1. The number of piperazine rings is 1. The molecule has 29 heavy (non-hydrogen) atoms. The number of alkyl halides is 3. The molecule has 2 aliphatic heterocycles. The zero-order valence-corrected chi connectivity index (χ0v) is 16.9. The molecule has 0 spiro atoms. The maximum atomic E-state index is 13.4. The van der Waals surface area contributed by atoms with E-state index >= 15 is 0 Å². The lowest BCUT2D eigenvalue weighted by atomic mass is 10.1. The number of ether oxygens (including phenoxy) is 2. The topological polar surface area (TPSA) is 62.8 Å². The Bertz CT molecular complexity index is 737. The standard InChI is InChI=1S/C19H24F3N3O3.ClH/c1-2-27-15-5-3-4-13-10-14(12-28-17(13)15)18(26)24-11-16(19(20,21)22)25-8-6-23-7-9-25;/h3-5,10,16,23H,2,6-9,11-12H2,1H3,(H,24,26);1H. The third-order valence-electron chi connectivity index (χ3n) is 4.73. The lowest BCUT2D eigenvalue weighted by Crippen LogP contribution is -2.57. The molecule has 2 heterocycles. The van der Waals surface area contributed by atoms with Crippen LogP contribution in [0.25, 0.3) is 6.08 Å². The van der Waals surface area contributed by atoms with Gasteiger partial charge in [-0.2, -0.15) is 13.2 Å². The van der Waals surface area contributed by atoms with Crippen molar-refractivity contribution in [1.82, 2.24) is 15.5 Å². The van der Waals surface area contributed by atoms with Gasteiger partial charge in [0.25, 0.3) is 5.91 Å². The van der Waals surface area contributed by atoms with E-state index < -0.39 is 24.7 Å². The SMILES string of the molecule is CCOc1cccc2c1OCC(C(=O)NCC(N1CCNCC1)C(F)(F)F)=C2.Cl. The first-order valence-electron chi connectivity index (χ1n) is 9.29. The summed E-state index contributed by atoms with van der Waals surface area (Å²) in [5, 5.41) is 5.45. The minimum atomic E-state index is -4.42. The number of fused-ring (bicyclic) bond motifs is 1. The highest BCUT2D eigenvalue weighted by Gasteiger charge is 2.44. The van der Waals surface area contributed by atoms with Gasteiger partial charge < -0.3 is 20.1 Å². The van der Waals surface area contributed by atoms with Gasteiger partial charge in [0.1, 0.15) is 12.6 Å². The average molecular weight is 436 g/mol. The molecule has 0 saturated carbocycles. The zero-order valence-electron chi connectivity index (χ0n) is 16.1. The van der Waals surface area contributed by atoms with Crippen molar-refractivity contribution in [3.05, 3.63) is 29.3 Å². The number of amides is 1. The Balaban J connectivity index is 0.00000300. The van der Waals surface area contributed by atoms with Gasteiger partial charge in [0, 0.05) is 38.3 Å². The molecule has 1 saturated heterocycles. The highest BCUT2D eigenvalue weighted by Crippen LogP contribution is 2.35. The molecule has 0 radical (unpaired) electrons. The number of para-hydroxylation sites is 1. The fourth-order valence-electron chi connectivity index (χ4n) is 3.33. The summed E-state index contributed by atoms with van der Waals surface area (Å²) in [7, 11) is 0. The number of benzene rings is 1. The van der Waals surface area contributed by atoms with Gasteiger partial charge in [0.05, 0.1) is 12.2 Å². The molecule has 1 aromatic carbocycles. The fourth-order valence-corrected chi connectivity index (χ4v) is 3.33. The molecule has 0 aromatic heterocycles. The molecule has 1 aromatic rings. The molecular weight excluding hydrogens is 411 g/mol. The summed E-state index contributed by atoms with van der Waals surface area (Å²) in [4.78, 5) is 13.8. The first kappa shape index (κ1) is 23.3. The van der Waals surface area contributed by atoms with Gasteiger partial charge in [-0.1, -0.05) is 12.1 Å². The van der Waals surface area contributed by atoms with Crippen molar-refractivity contribution in [1.29, 1.82) is 0 Å². The maximum absolute atomic E-state index is 13.4. The third-order valence-corrected chi connectivity index (χ3v) is 4.73. The first-order valence-corrected chi connectivity index (χ1v) is 9.29. The summed E-state index contributed by atoms with van der Waals surface area (Å²) >= 11 is 0. The molecule has 10 heteroatoms. The van der Waals surface area contributed by atoms with Crippen LogP contribution in [-0.4, -0.2) is 69.0 Å². The van der Waals surface area contributed by atoms with Gasteiger partial charge in [0.2, 0.25) is 0 Å². The van der Waals surface area contributed by atoms with E-state index in [0.717, 1.165) is 0 Å². The number of halogens is 4. The van der Waals surface area contributed by atoms with Gasteiger partial charge in [-0.3, -0.25) is 9.69 Å². The van der Waals surface area contributed by atoms with Gasteiger partial charge in [-0.15, -0.1) is 12.4 Å². The zero-order chi connectivity index (χ0) is 20.1. The van der Waals surface area contributed by atoms with Crippen LogP contribution in [0, 0.1) is 0 Å². The van der Waals surface area contributed by atoms with E-state index in [0.29, 0.717) is 49.8 Å². The molecule has 1 amide bonds. The van der Waals surface area contributed by atoms with E-state index in [-0.39, 0.29) is 24.6 Å². The van der Waals surface area contributed by atoms with Crippen LogP contribution in [0.4, 0.5) is 13.2 Å². The van der Waals surface area contributed by atoms with Gasteiger partial charge >= 0.3 is 6.18 Å². The van der Waals surface area contributed by atoms with Crippen LogP contribution in [0.5, 0.6) is 11.5 Å². The van der Waals surface area contributed by atoms with E-state index in [1.165, 1.54) is 4.90 Å². The Labute approximate surface area is 173 Å². The minimum absolute atomic E-state index is 0. The second-order valence-electron chi connectivity index (χ2n) is 6.62. The molecule has 3 rings (SSSR count). The Hall–Kier alpha value is -1.97. The lowest BCUT2D eigenvalue weighted by Gasteiger charge is -2.36. The Kier molecular flexibility index (Phi) is 8.18. The molecule has 162 valence electrons. The largest absolute Gasteiger partial charge is 0.490 e. The summed E-state index contributed by atoms with van der Waals surface area (Å²) in [6.07, 6.45) is -2.79. The summed E-state index contributed by atoms with van der Waals surface area (Å²) in [6.45, 7) is 3.39. The number of rotatable bonds is 6. The summed E-state index contributed by atoms with van der Waals surface area (Å²) in [5.41, 5.74) is 0.944. The second-order valence-corrected chi connectivity index (χ2v) is 6.62. The van der Waals surface area contributed by atoms with E-state index in [2.05, 4.69) is 10.6 Å². The number of nitrogens with zero attached hydrogens (tertiary/aromatic N) is 1. The van der Waals surface area contributed by atoms with Crippen molar-refractivity contribution in [2.24, 2.45) is 0 Å². The van der Waals surface area contributed by atoms with Crippen LogP contribution >= 0.6 is 12.4 Å². The highest BCUT2D eigenvalue weighted by atomic mass is 35.5. The lowest BCUT2D eigenvalue weighted by molar-refractivity contribution is -0.183. The Morgan fingerprint density at radius 1 is 1.34 bits per heavy atom. The quantitative estimate of drug-likeness (QED) is 0.717. The molecule has 0 bridgehead atoms. The van der Waals surface area contributed by atoms with Crippen LogP contribution in [0.1, 0.15) is 12.5 Å². The molecule has 1 fully saturated rings. The highest BCUT2D eigenvalue weighted by molar-refractivity contribution is 5.99. The molecule has 1 unspecified atom stereocenters. The van der Waals surface area contributed by atoms with Gasteiger partial charge in [-0.25, -0.2) is 0 Å². The first-order chi connectivity index (χ1) is 13.4. The van der Waals surface area contributed by atoms with Gasteiger partial charge in [0.15, 0.2) is 11.5 Å². The summed E-state index contributed by atoms with van der Waals surface area (Å²) < 4.78 is 51.5. The van der Waals surface area contributed by atoms with Crippen molar-refractivity contribution in [2.75, 3.05) is 45.9 Å². The van der Waals surface area contributed by atoms with Crippen LogP contribution in [-0.2, 0) is 4.79 Å². The van der Waals surface area contributed by atoms with Gasteiger partial charge in [-0.05, 0) is 19.1 Å². The third kappa shape index (κ3) is 5.77. The normalized spacial score (nSPS) is 17.9. The molecule has 0 aliphatic carbocycles. The van der Waals surface area contributed by atoms with Crippen LogP contribution in [0.3, 0.4) is 0 Å². The number of carbonyl (C=O) groups excluding carboxylic acids is 1. The number of nitrogens with one attached hydrogen (secondary N) is 2. The van der Waals surface area contributed by atoms with Crippen LogP contribution in [0.2, 0.25) is 0 Å². The second kappa shape index (κ2) is 10.2. The smallest absolute Gasteiger partial charge is 0.405 e. The van der Waals surface area contributed by atoms with Crippen molar-refractivity contribution in [3.63, 3.8) is 0 Å². The van der Waals surface area contributed by atoms with E-state index in [1.54, 1.807) is 24.3 Å². The Morgan fingerprint density at radius 3 is 2.72 bits per heavy atom. The van der Waals surface area contributed by atoms with Crippen molar-refractivity contribution < 1.29 is 27.4 Å². The predicted molar refractivity (Wildman–Crippen MR) is 106 cm³/mol. The van der Waals surface area contributed by atoms with E-state index in [4.69, 9.17) is 9.47 Å². The predicted octanol–water partition coefficient (Wildman–Crippen LogP) is 2.24. The van der Waals surface area contributed by atoms with Crippen LogP contribution in [0.15, 0.2) is 23.8 Å². The molecule has 6 nitrogen and oxygen atoms in total. The van der Waals surface area contributed by atoms with E-state index in [1.807, 2.05) is 6.92 Å². The molecule has 1 atom stereocenters. The van der Waals surface area contributed by atoms with E-state index in [9.17, 15) is 18.0 Å². The fraction of sp³-hybridized carbons (Fsp3) is 0.526. The maximum Gasteiger partial charge on any atom is 0.405 e. The van der Waals surface area contributed by atoms with Crippen LogP contribution < -0.4 is 20.1 Å². The molecular formula is C19H25ClF3N3O3. The summed E-state index contributed by atoms with van der Waals surface area (Å²) in [6, 6.07) is 3.60. The number of hydrogen-bond donors (Lipinski definition) is 2. The minimum Gasteiger partial charge on any atom is -0.490 e. The molecule has 2 N–H and O–H groups in total. The average Bonchev–Trinajstić information content (AvgIpc) is 2.68. The van der Waals surface area contributed by atoms with Crippen molar-refractivity contribution >= 4 is 24.4 Å². The molecule has 2 aliphatic rings.